The van der Waals surface area contributed by atoms with Gasteiger partial charge in [0.05, 0.1) is 5.69 Å². The van der Waals surface area contributed by atoms with Gasteiger partial charge in [0.25, 0.3) is 0 Å². The van der Waals surface area contributed by atoms with E-state index in [-0.39, 0.29) is 5.84 Å². The lowest BCUT2D eigenvalue weighted by atomic mass is 10.2. The Morgan fingerprint density at radius 2 is 1.80 bits per heavy atom. The molecule has 0 amide bonds. The number of anilines is 1. The molecular weight excluding hydrogens is 254 g/mol. The van der Waals surface area contributed by atoms with Crippen LogP contribution >= 0.6 is 0 Å². The van der Waals surface area contributed by atoms with E-state index in [1.807, 2.05) is 54.6 Å². The van der Waals surface area contributed by atoms with Gasteiger partial charge in [-0.3, -0.25) is 0 Å². The number of hydrogen-bond acceptors (Lipinski definition) is 4. The van der Waals surface area contributed by atoms with Gasteiger partial charge in [-0.1, -0.05) is 35.5 Å². The van der Waals surface area contributed by atoms with Crippen molar-refractivity contribution in [3.8, 4) is 11.5 Å². The third-order valence-corrected chi connectivity index (χ3v) is 2.68. The first-order chi connectivity index (χ1) is 9.79. The lowest BCUT2D eigenvalue weighted by Crippen LogP contribution is -2.16. The molecule has 0 aromatic heterocycles. The lowest BCUT2D eigenvalue weighted by Gasteiger charge is -2.12. The van der Waals surface area contributed by atoms with E-state index in [4.69, 9.17) is 15.7 Å². The lowest BCUT2D eigenvalue weighted by molar-refractivity contribution is 0.317. The summed E-state index contributed by atoms with van der Waals surface area (Å²) in [4.78, 5) is 0. The Balaban J connectivity index is 2.03. The van der Waals surface area contributed by atoms with E-state index >= 15 is 0 Å². The second-order valence-corrected chi connectivity index (χ2v) is 4.18. The average molecular weight is 271 g/mol. The van der Waals surface area contributed by atoms with Crippen LogP contribution in [0.1, 0.15) is 6.42 Å². The Hall–Kier alpha value is -2.69. The molecule has 0 bridgehead atoms. The van der Waals surface area contributed by atoms with Gasteiger partial charge in [0.1, 0.15) is 11.6 Å². The minimum absolute atomic E-state index is 0.193. The molecule has 0 atom stereocenters. The highest BCUT2D eigenvalue weighted by atomic mass is 16.5. The second-order valence-electron chi connectivity index (χ2n) is 4.18. The van der Waals surface area contributed by atoms with Gasteiger partial charge in [-0.25, -0.2) is 0 Å². The smallest absolute Gasteiger partial charge is 0.150 e. The number of nitrogens with zero attached hydrogens (tertiary/aromatic N) is 1. The van der Waals surface area contributed by atoms with E-state index in [0.29, 0.717) is 13.0 Å². The molecule has 0 aliphatic carbocycles. The van der Waals surface area contributed by atoms with Crippen LogP contribution in [-0.2, 0) is 0 Å². The zero-order chi connectivity index (χ0) is 14.2. The van der Waals surface area contributed by atoms with Crippen LogP contribution in [0.3, 0.4) is 0 Å². The molecule has 0 unspecified atom stereocenters. The highest BCUT2D eigenvalue weighted by Crippen LogP contribution is 2.28. The number of oxime groups is 1. The number of amidine groups is 1. The van der Waals surface area contributed by atoms with E-state index in [9.17, 15) is 0 Å². The van der Waals surface area contributed by atoms with Crippen LogP contribution in [-0.4, -0.2) is 17.6 Å². The van der Waals surface area contributed by atoms with Crippen molar-refractivity contribution in [1.29, 1.82) is 0 Å². The summed E-state index contributed by atoms with van der Waals surface area (Å²) in [5.41, 5.74) is 6.29. The number of nitrogens with two attached hydrogens (primary N) is 1. The Bertz CT molecular complexity index is 570. The fraction of sp³-hybridized carbons (Fsp3) is 0.133. The SMILES string of the molecule is NC(CCNc1ccccc1Oc1ccccc1)=NO. The molecule has 104 valence electrons. The molecule has 0 saturated carbocycles. The molecule has 0 heterocycles. The highest BCUT2D eigenvalue weighted by molar-refractivity contribution is 5.80. The van der Waals surface area contributed by atoms with Gasteiger partial charge in [-0.05, 0) is 24.3 Å². The quantitative estimate of drug-likeness (QED) is 0.326. The van der Waals surface area contributed by atoms with Crippen molar-refractivity contribution in [2.24, 2.45) is 10.9 Å². The summed E-state index contributed by atoms with van der Waals surface area (Å²) < 4.78 is 5.82. The summed E-state index contributed by atoms with van der Waals surface area (Å²) in [6.07, 6.45) is 0.455. The first-order valence-electron chi connectivity index (χ1n) is 6.32. The third-order valence-electron chi connectivity index (χ3n) is 2.68. The van der Waals surface area contributed by atoms with Gasteiger partial charge < -0.3 is 21.0 Å². The summed E-state index contributed by atoms with van der Waals surface area (Å²) in [5, 5.41) is 14.6. The number of hydrogen-bond donors (Lipinski definition) is 3. The Labute approximate surface area is 117 Å². The van der Waals surface area contributed by atoms with Crippen LogP contribution in [0.4, 0.5) is 5.69 Å². The molecule has 5 nitrogen and oxygen atoms in total. The summed E-state index contributed by atoms with van der Waals surface area (Å²) in [7, 11) is 0. The zero-order valence-corrected chi connectivity index (χ0v) is 11.0. The molecule has 20 heavy (non-hydrogen) atoms. The molecule has 0 spiro atoms. The van der Waals surface area contributed by atoms with Gasteiger partial charge in [0, 0.05) is 13.0 Å². The number of ether oxygens (including phenoxy) is 1. The summed E-state index contributed by atoms with van der Waals surface area (Å²) in [5.74, 6) is 1.70. The maximum atomic E-state index is 8.49. The minimum Gasteiger partial charge on any atom is -0.455 e. The number of rotatable bonds is 6. The highest BCUT2D eigenvalue weighted by Gasteiger charge is 2.04. The first-order valence-corrected chi connectivity index (χ1v) is 6.32. The van der Waals surface area contributed by atoms with Crippen molar-refractivity contribution in [2.45, 2.75) is 6.42 Å². The fourth-order valence-corrected chi connectivity index (χ4v) is 1.69. The predicted octanol–water partition coefficient (Wildman–Crippen LogP) is 3.03. The summed E-state index contributed by atoms with van der Waals surface area (Å²) in [6.45, 7) is 0.561. The van der Waals surface area contributed by atoms with Gasteiger partial charge in [-0.2, -0.15) is 0 Å². The van der Waals surface area contributed by atoms with Crippen molar-refractivity contribution in [1.82, 2.24) is 0 Å². The van der Waals surface area contributed by atoms with Crippen molar-refractivity contribution >= 4 is 11.5 Å². The van der Waals surface area contributed by atoms with Crippen LogP contribution in [0.5, 0.6) is 11.5 Å². The van der Waals surface area contributed by atoms with Gasteiger partial charge in [0.15, 0.2) is 5.75 Å². The first kappa shape index (κ1) is 13.7. The molecule has 0 aliphatic heterocycles. The molecular formula is C15H17N3O2. The maximum Gasteiger partial charge on any atom is 0.150 e. The standard InChI is InChI=1S/C15H17N3O2/c16-15(18-19)10-11-17-13-8-4-5-9-14(13)20-12-6-2-1-3-7-12/h1-9,17,19H,10-11H2,(H2,16,18). The number of nitrogens with one attached hydrogen (secondary N) is 1. The van der Waals surface area contributed by atoms with Crippen LogP contribution < -0.4 is 15.8 Å². The monoisotopic (exact) mass is 271 g/mol. The van der Waals surface area contributed by atoms with Gasteiger partial charge in [-0.15, -0.1) is 0 Å². The predicted molar refractivity (Wildman–Crippen MR) is 79.5 cm³/mol. The van der Waals surface area contributed by atoms with Crippen molar-refractivity contribution < 1.29 is 9.94 Å². The molecule has 2 rings (SSSR count). The van der Waals surface area contributed by atoms with Crippen LogP contribution in [0.15, 0.2) is 59.8 Å². The van der Waals surface area contributed by atoms with Gasteiger partial charge >= 0.3 is 0 Å². The zero-order valence-electron chi connectivity index (χ0n) is 11.0. The molecule has 5 heteroatoms. The van der Waals surface area contributed by atoms with E-state index in [2.05, 4.69) is 10.5 Å². The largest absolute Gasteiger partial charge is 0.455 e. The minimum atomic E-state index is 0.193. The molecule has 2 aromatic carbocycles. The summed E-state index contributed by atoms with van der Waals surface area (Å²) >= 11 is 0. The third kappa shape index (κ3) is 3.91. The fourth-order valence-electron chi connectivity index (χ4n) is 1.69. The molecule has 4 N–H and O–H groups in total. The van der Waals surface area contributed by atoms with Gasteiger partial charge in [0.2, 0.25) is 0 Å². The Morgan fingerprint density at radius 1 is 1.10 bits per heavy atom. The maximum absolute atomic E-state index is 8.49. The van der Waals surface area contributed by atoms with E-state index in [0.717, 1.165) is 17.2 Å². The Kier molecular flexibility index (Phi) is 4.83. The number of para-hydroxylation sites is 3. The van der Waals surface area contributed by atoms with Crippen LogP contribution in [0.2, 0.25) is 0 Å². The second kappa shape index (κ2) is 7.04. The average Bonchev–Trinajstić information content (AvgIpc) is 2.50. The van der Waals surface area contributed by atoms with E-state index in [1.54, 1.807) is 0 Å². The van der Waals surface area contributed by atoms with Crippen LogP contribution in [0.25, 0.3) is 0 Å². The van der Waals surface area contributed by atoms with Crippen molar-refractivity contribution in [2.75, 3.05) is 11.9 Å². The molecule has 0 aliphatic rings. The topological polar surface area (TPSA) is 79.9 Å². The summed E-state index contributed by atoms with van der Waals surface area (Å²) in [6, 6.07) is 17.2. The van der Waals surface area contributed by atoms with E-state index in [1.165, 1.54) is 0 Å². The normalized spacial score (nSPS) is 11.1. The molecule has 0 saturated heterocycles. The Morgan fingerprint density at radius 3 is 2.55 bits per heavy atom. The van der Waals surface area contributed by atoms with Crippen molar-refractivity contribution in [3.05, 3.63) is 54.6 Å². The molecule has 2 aromatic rings. The number of benzene rings is 2. The van der Waals surface area contributed by atoms with E-state index < -0.39 is 0 Å². The molecule has 0 fully saturated rings. The molecule has 0 radical (unpaired) electrons. The van der Waals surface area contributed by atoms with Crippen molar-refractivity contribution in [3.63, 3.8) is 0 Å². The van der Waals surface area contributed by atoms with Crippen LogP contribution in [0, 0.1) is 0 Å².